The first-order valence-electron chi connectivity index (χ1n) is 5.96. The summed E-state index contributed by atoms with van der Waals surface area (Å²) in [4.78, 5) is 4.74. The number of piperazine rings is 1. The molecule has 0 aromatic carbocycles. The van der Waals surface area contributed by atoms with E-state index in [-0.39, 0.29) is 11.4 Å². The van der Waals surface area contributed by atoms with Gasteiger partial charge in [-0.15, -0.1) is 0 Å². The van der Waals surface area contributed by atoms with Crippen molar-refractivity contribution in [3.8, 4) is 0 Å². The van der Waals surface area contributed by atoms with E-state index in [9.17, 15) is 0 Å². The van der Waals surface area contributed by atoms with E-state index in [2.05, 4.69) is 21.2 Å². The number of amidine groups is 1. The van der Waals surface area contributed by atoms with Crippen LogP contribution in [0.2, 0.25) is 0 Å². The Balaban J connectivity index is 2.46. The molecule has 1 rings (SSSR count). The summed E-state index contributed by atoms with van der Waals surface area (Å²) in [5.74, 6) is 1.47. The molecule has 5 nitrogen and oxygen atoms in total. The van der Waals surface area contributed by atoms with Crippen molar-refractivity contribution in [3.63, 3.8) is 0 Å². The van der Waals surface area contributed by atoms with Crippen LogP contribution in [0.25, 0.3) is 0 Å². The van der Waals surface area contributed by atoms with Crippen LogP contribution in [0.4, 0.5) is 0 Å². The van der Waals surface area contributed by atoms with Crippen LogP contribution in [0.15, 0.2) is 5.16 Å². The first-order chi connectivity index (χ1) is 8.02. The summed E-state index contributed by atoms with van der Waals surface area (Å²) < 4.78 is 0. The van der Waals surface area contributed by atoms with E-state index in [4.69, 9.17) is 10.9 Å². The fraction of sp³-hybridized carbons (Fsp3) is 0.909. The minimum Gasteiger partial charge on any atom is -0.409 e. The molecular formula is C11H24N4OS. The molecule has 0 atom stereocenters. The first-order valence-corrected chi connectivity index (χ1v) is 7.36. The highest BCUT2D eigenvalue weighted by Gasteiger charge is 2.33. The molecule has 0 aliphatic carbocycles. The topological polar surface area (TPSA) is 65.1 Å². The van der Waals surface area contributed by atoms with Crippen molar-refractivity contribution in [3.05, 3.63) is 0 Å². The van der Waals surface area contributed by atoms with E-state index < -0.39 is 0 Å². The van der Waals surface area contributed by atoms with Gasteiger partial charge in [0.1, 0.15) is 0 Å². The predicted molar refractivity (Wildman–Crippen MR) is 73.9 cm³/mol. The minimum absolute atomic E-state index is 0.287. The number of hydrogen-bond acceptors (Lipinski definition) is 5. The van der Waals surface area contributed by atoms with Gasteiger partial charge in [0, 0.05) is 38.5 Å². The zero-order valence-electron chi connectivity index (χ0n) is 11.0. The van der Waals surface area contributed by atoms with E-state index in [1.54, 1.807) is 0 Å². The Morgan fingerprint density at radius 3 is 2.41 bits per heavy atom. The van der Waals surface area contributed by atoms with Gasteiger partial charge in [0.05, 0.1) is 5.54 Å². The second kappa shape index (κ2) is 6.47. The number of oxime groups is 1. The van der Waals surface area contributed by atoms with Crippen molar-refractivity contribution in [2.75, 3.05) is 44.7 Å². The normalized spacial score (nSPS) is 20.8. The third kappa shape index (κ3) is 3.76. The zero-order valence-corrected chi connectivity index (χ0v) is 11.8. The van der Waals surface area contributed by atoms with Crippen LogP contribution in [0.3, 0.4) is 0 Å². The number of thioether (sulfide) groups is 1. The van der Waals surface area contributed by atoms with Crippen LogP contribution in [0, 0.1) is 0 Å². The highest BCUT2D eigenvalue weighted by atomic mass is 32.2. The summed E-state index contributed by atoms with van der Waals surface area (Å²) in [5, 5.41) is 11.9. The molecule has 0 saturated carbocycles. The molecule has 0 spiro atoms. The van der Waals surface area contributed by atoms with Gasteiger partial charge < -0.3 is 10.9 Å². The van der Waals surface area contributed by atoms with Gasteiger partial charge in [-0.25, -0.2) is 0 Å². The highest BCUT2D eigenvalue weighted by molar-refractivity contribution is 7.98. The molecule has 0 bridgehead atoms. The van der Waals surface area contributed by atoms with Crippen LogP contribution >= 0.6 is 11.8 Å². The lowest BCUT2D eigenvalue weighted by molar-refractivity contribution is 0.0867. The maximum Gasteiger partial charge on any atom is 0.159 e. The fourth-order valence-electron chi connectivity index (χ4n) is 2.04. The average Bonchev–Trinajstić information content (AvgIpc) is 2.35. The fourth-order valence-corrected chi connectivity index (χ4v) is 2.48. The molecule has 0 aromatic rings. The standard InChI is InChI=1S/C11H24N4OS/c1-11(2,10(12)13-16)15-6-4-14(5-7-15)8-9-17-3/h16H,4-9H2,1-3H3,(H2,12,13). The van der Waals surface area contributed by atoms with Crippen molar-refractivity contribution in [1.29, 1.82) is 0 Å². The number of rotatable bonds is 5. The van der Waals surface area contributed by atoms with Crippen LogP contribution in [0.5, 0.6) is 0 Å². The summed E-state index contributed by atoms with van der Waals surface area (Å²) in [7, 11) is 0. The van der Waals surface area contributed by atoms with E-state index in [0.29, 0.717) is 0 Å². The van der Waals surface area contributed by atoms with Crippen molar-refractivity contribution < 1.29 is 5.21 Å². The Labute approximate surface area is 108 Å². The van der Waals surface area contributed by atoms with E-state index in [1.165, 1.54) is 5.75 Å². The van der Waals surface area contributed by atoms with Gasteiger partial charge in [-0.2, -0.15) is 11.8 Å². The molecule has 3 N–H and O–H groups in total. The SMILES string of the molecule is CSCCN1CCN(C(C)(C)C(N)=NO)CC1. The molecule has 6 heteroatoms. The van der Waals surface area contributed by atoms with Crippen LogP contribution in [-0.2, 0) is 0 Å². The van der Waals surface area contributed by atoms with Crippen LogP contribution in [0.1, 0.15) is 13.8 Å². The molecule has 0 unspecified atom stereocenters. The van der Waals surface area contributed by atoms with Crippen LogP contribution < -0.4 is 5.73 Å². The van der Waals surface area contributed by atoms with E-state index in [1.807, 2.05) is 25.6 Å². The van der Waals surface area contributed by atoms with Gasteiger partial charge in [-0.1, -0.05) is 5.16 Å². The molecule has 0 amide bonds. The molecule has 0 aromatic heterocycles. The van der Waals surface area contributed by atoms with Crippen molar-refractivity contribution in [2.24, 2.45) is 10.9 Å². The molecule has 17 heavy (non-hydrogen) atoms. The number of hydrogen-bond donors (Lipinski definition) is 2. The molecule has 1 heterocycles. The quantitative estimate of drug-likeness (QED) is 0.326. The third-order valence-corrected chi connectivity index (χ3v) is 4.10. The van der Waals surface area contributed by atoms with Gasteiger partial charge in [0.15, 0.2) is 5.84 Å². The van der Waals surface area contributed by atoms with Gasteiger partial charge >= 0.3 is 0 Å². The molecule has 1 aliphatic rings. The smallest absolute Gasteiger partial charge is 0.159 e. The molecule has 1 aliphatic heterocycles. The third-order valence-electron chi connectivity index (χ3n) is 3.51. The Hall–Kier alpha value is -0.460. The van der Waals surface area contributed by atoms with E-state index >= 15 is 0 Å². The molecule has 1 saturated heterocycles. The van der Waals surface area contributed by atoms with Crippen LogP contribution in [-0.4, -0.2) is 71.1 Å². The van der Waals surface area contributed by atoms with Crippen molar-refractivity contribution in [1.82, 2.24) is 9.80 Å². The van der Waals surface area contributed by atoms with Gasteiger partial charge in [0.25, 0.3) is 0 Å². The predicted octanol–water partition coefficient (Wildman–Crippen LogP) is 0.492. The zero-order chi connectivity index (χ0) is 12.9. The van der Waals surface area contributed by atoms with E-state index in [0.717, 1.165) is 32.7 Å². The van der Waals surface area contributed by atoms with Crippen molar-refractivity contribution in [2.45, 2.75) is 19.4 Å². The number of nitrogens with zero attached hydrogens (tertiary/aromatic N) is 3. The maximum absolute atomic E-state index is 8.79. The second-order valence-corrected chi connectivity index (χ2v) is 5.85. The van der Waals surface area contributed by atoms with Crippen molar-refractivity contribution >= 4 is 17.6 Å². The Morgan fingerprint density at radius 1 is 1.35 bits per heavy atom. The lowest BCUT2D eigenvalue weighted by atomic mass is 10.0. The molecule has 1 fully saturated rings. The summed E-state index contributed by atoms with van der Waals surface area (Å²) in [6.45, 7) is 9.21. The van der Waals surface area contributed by atoms with Gasteiger partial charge in [0.2, 0.25) is 0 Å². The summed E-state index contributed by atoms with van der Waals surface area (Å²) in [6, 6.07) is 0. The Morgan fingerprint density at radius 2 is 1.94 bits per heavy atom. The molecule has 0 radical (unpaired) electrons. The summed E-state index contributed by atoms with van der Waals surface area (Å²) in [6.07, 6.45) is 2.14. The summed E-state index contributed by atoms with van der Waals surface area (Å²) in [5.41, 5.74) is 5.38. The maximum atomic E-state index is 8.79. The first kappa shape index (κ1) is 14.6. The minimum atomic E-state index is -0.361. The lowest BCUT2D eigenvalue weighted by Gasteiger charge is -2.43. The van der Waals surface area contributed by atoms with Gasteiger partial charge in [-0.05, 0) is 20.1 Å². The molecular weight excluding hydrogens is 236 g/mol. The number of nitrogens with two attached hydrogens (primary N) is 1. The molecule has 100 valence electrons. The average molecular weight is 260 g/mol. The largest absolute Gasteiger partial charge is 0.409 e. The Bertz CT molecular complexity index is 262. The summed E-state index contributed by atoms with van der Waals surface area (Å²) >= 11 is 1.88. The monoisotopic (exact) mass is 260 g/mol. The highest BCUT2D eigenvalue weighted by Crippen LogP contribution is 2.17. The Kier molecular flexibility index (Phi) is 5.55. The van der Waals surface area contributed by atoms with Gasteiger partial charge in [-0.3, -0.25) is 9.80 Å². The lowest BCUT2D eigenvalue weighted by Crippen LogP contribution is -2.59. The second-order valence-electron chi connectivity index (χ2n) is 4.87.